The molecule has 0 bridgehead atoms. The molecule has 1 unspecified atom stereocenters. The molecule has 2 aliphatic heterocycles. The van der Waals surface area contributed by atoms with Gasteiger partial charge in [0.1, 0.15) is 0 Å². The topological polar surface area (TPSA) is 66.6 Å². The average molecular weight is 499 g/mol. The fourth-order valence-corrected chi connectivity index (χ4v) is 7.28. The lowest BCUT2D eigenvalue weighted by atomic mass is 9.71. The Hall–Kier alpha value is -3.10. The van der Waals surface area contributed by atoms with Gasteiger partial charge < -0.3 is 4.90 Å². The number of carbonyl (C=O) groups is 1. The van der Waals surface area contributed by atoms with E-state index in [9.17, 15) is 4.79 Å². The number of aryl methyl sites for hydroxylation is 2. The van der Waals surface area contributed by atoms with E-state index in [1.165, 1.54) is 22.4 Å². The van der Waals surface area contributed by atoms with Gasteiger partial charge in [-0.25, -0.2) is 15.0 Å². The Morgan fingerprint density at radius 1 is 1.14 bits per heavy atom. The first-order chi connectivity index (χ1) is 17.6. The van der Waals surface area contributed by atoms with Crippen molar-refractivity contribution in [2.75, 3.05) is 26.2 Å². The maximum absolute atomic E-state index is 13.0. The molecule has 5 heterocycles. The monoisotopic (exact) mass is 498 g/mol. The highest BCUT2D eigenvalue weighted by molar-refractivity contribution is 7.16. The first kappa shape index (κ1) is 22.1. The van der Waals surface area contributed by atoms with Crippen molar-refractivity contribution in [2.45, 2.75) is 45.1 Å². The molecule has 1 spiro atoms. The van der Waals surface area contributed by atoms with Gasteiger partial charge in [0.25, 0.3) is 0 Å². The van der Waals surface area contributed by atoms with E-state index in [4.69, 9.17) is 0 Å². The fourth-order valence-electron chi connectivity index (χ4n) is 6.46. The number of amides is 1. The van der Waals surface area contributed by atoms with Crippen molar-refractivity contribution in [1.29, 1.82) is 0 Å². The van der Waals surface area contributed by atoms with Gasteiger partial charge in [-0.15, -0.1) is 11.3 Å². The summed E-state index contributed by atoms with van der Waals surface area (Å²) in [5.74, 6) is 1.02. The number of hydrogen-bond acceptors (Lipinski definition) is 6. The molecule has 7 rings (SSSR count). The summed E-state index contributed by atoms with van der Waals surface area (Å²) in [7, 11) is 0. The van der Waals surface area contributed by atoms with Crippen LogP contribution in [-0.2, 0) is 17.6 Å². The van der Waals surface area contributed by atoms with E-state index < -0.39 is 0 Å². The predicted octanol–water partition coefficient (Wildman–Crippen LogP) is 4.32. The van der Waals surface area contributed by atoms with Gasteiger partial charge in [-0.05, 0) is 61.3 Å². The summed E-state index contributed by atoms with van der Waals surface area (Å²) >= 11 is 1.67. The number of nitrogens with zero attached hydrogens (tertiary/aromatic N) is 6. The third-order valence-electron chi connectivity index (χ3n) is 8.36. The largest absolute Gasteiger partial charge is 0.342 e. The van der Waals surface area contributed by atoms with Crippen LogP contribution in [0.1, 0.15) is 47.0 Å². The molecule has 8 heteroatoms. The SMILES string of the molecule is Cc1cn2cc(CC(=O)N3CCC4(CC3)CN(C3CCc5cc(-c6ncccn6)ccc53)C4)nc2s1. The van der Waals surface area contributed by atoms with Crippen molar-refractivity contribution in [3.05, 3.63) is 70.8 Å². The van der Waals surface area contributed by atoms with E-state index in [0.717, 1.165) is 67.5 Å². The highest BCUT2D eigenvalue weighted by Crippen LogP contribution is 2.48. The molecular formula is C28H30N6OS. The zero-order valence-electron chi connectivity index (χ0n) is 20.6. The van der Waals surface area contributed by atoms with Crippen LogP contribution in [0.2, 0.25) is 0 Å². The zero-order chi connectivity index (χ0) is 24.3. The molecule has 2 saturated heterocycles. The van der Waals surface area contributed by atoms with Gasteiger partial charge in [0.05, 0.1) is 12.1 Å². The number of carbonyl (C=O) groups excluding carboxylic acids is 1. The minimum atomic E-state index is 0.214. The number of imidazole rings is 1. The molecule has 0 N–H and O–H groups in total. The number of likely N-dealkylation sites (tertiary alicyclic amines) is 2. The van der Waals surface area contributed by atoms with Crippen LogP contribution in [-0.4, -0.2) is 61.2 Å². The Kier molecular flexibility index (Phi) is 5.22. The highest BCUT2D eigenvalue weighted by atomic mass is 32.1. The highest BCUT2D eigenvalue weighted by Gasteiger charge is 2.48. The van der Waals surface area contributed by atoms with E-state index in [2.05, 4.69) is 56.1 Å². The van der Waals surface area contributed by atoms with Gasteiger partial charge >= 0.3 is 0 Å². The lowest BCUT2D eigenvalue weighted by Crippen LogP contribution is -2.61. The van der Waals surface area contributed by atoms with Crippen LogP contribution in [0.3, 0.4) is 0 Å². The van der Waals surface area contributed by atoms with Crippen molar-refractivity contribution in [1.82, 2.24) is 29.2 Å². The maximum atomic E-state index is 13.0. The second kappa shape index (κ2) is 8.49. The summed E-state index contributed by atoms with van der Waals surface area (Å²) in [6.07, 6.45) is 12.6. The van der Waals surface area contributed by atoms with Gasteiger partial charge in [0.2, 0.25) is 5.91 Å². The number of fused-ring (bicyclic) bond motifs is 2. The molecule has 3 aromatic heterocycles. The van der Waals surface area contributed by atoms with Crippen LogP contribution in [0.4, 0.5) is 0 Å². The Labute approximate surface area is 214 Å². The number of benzene rings is 1. The summed E-state index contributed by atoms with van der Waals surface area (Å²) in [5.41, 5.74) is 5.29. The van der Waals surface area contributed by atoms with Crippen LogP contribution in [0.5, 0.6) is 0 Å². The molecule has 0 radical (unpaired) electrons. The van der Waals surface area contributed by atoms with E-state index in [1.54, 1.807) is 23.7 Å². The van der Waals surface area contributed by atoms with Crippen molar-refractivity contribution in [3.8, 4) is 11.4 Å². The van der Waals surface area contributed by atoms with Crippen LogP contribution in [0, 0.1) is 12.3 Å². The minimum Gasteiger partial charge on any atom is -0.342 e. The summed E-state index contributed by atoms with van der Waals surface area (Å²) in [5, 5.41) is 0. The Bertz CT molecular complexity index is 1400. The molecule has 1 aromatic carbocycles. The maximum Gasteiger partial charge on any atom is 0.228 e. The molecule has 36 heavy (non-hydrogen) atoms. The second-order valence-electron chi connectivity index (χ2n) is 10.8. The van der Waals surface area contributed by atoms with Crippen molar-refractivity contribution >= 4 is 22.2 Å². The summed E-state index contributed by atoms with van der Waals surface area (Å²) in [6, 6.07) is 9.14. The van der Waals surface area contributed by atoms with Crippen LogP contribution < -0.4 is 0 Å². The van der Waals surface area contributed by atoms with E-state index >= 15 is 0 Å². The van der Waals surface area contributed by atoms with Gasteiger partial charge in [0.15, 0.2) is 10.8 Å². The molecule has 1 aliphatic carbocycles. The van der Waals surface area contributed by atoms with E-state index in [-0.39, 0.29) is 5.91 Å². The molecule has 1 atom stereocenters. The van der Waals surface area contributed by atoms with Crippen LogP contribution in [0.15, 0.2) is 49.1 Å². The molecule has 4 aromatic rings. The fraction of sp³-hybridized carbons (Fsp3) is 0.429. The lowest BCUT2D eigenvalue weighted by Gasteiger charge is -2.56. The number of piperidine rings is 1. The molecule has 3 aliphatic rings. The van der Waals surface area contributed by atoms with E-state index in [1.807, 2.05) is 16.7 Å². The third kappa shape index (κ3) is 3.83. The van der Waals surface area contributed by atoms with Gasteiger partial charge in [-0.2, -0.15) is 0 Å². The smallest absolute Gasteiger partial charge is 0.228 e. The molecular weight excluding hydrogens is 468 g/mol. The summed E-state index contributed by atoms with van der Waals surface area (Å²) in [4.78, 5) is 33.4. The second-order valence-corrected chi connectivity index (χ2v) is 12.0. The Morgan fingerprint density at radius 3 is 2.72 bits per heavy atom. The molecule has 7 nitrogen and oxygen atoms in total. The molecule has 2 fully saturated rings. The van der Waals surface area contributed by atoms with Crippen molar-refractivity contribution in [3.63, 3.8) is 0 Å². The number of thiazole rings is 1. The molecule has 184 valence electrons. The van der Waals surface area contributed by atoms with Crippen molar-refractivity contribution < 1.29 is 4.79 Å². The average Bonchev–Trinajstić information content (AvgIpc) is 3.55. The standard InChI is InChI=1S/C28H30N6OS/c1-19-15-33-16-22(31-27(33)36-19)14-25(35)32-11-7-28(8-12-32)17-34(18-28)24-6-4-20-13-21(3-5-23(20)24)26-29-9-2-10-30-26/h2-3,5,9-10,13,15-16,24H,4,6-8,11-12,14,17-18H2,1H3. The van der Waals surface area contributed by atoms with Crippen LogP contribution >= 0.6 is 11.3 Å². The normalized spacial score (nSPS) is 21.1. The van der Waals surface area contributed by atoms with Gasteiger partial charge in [0, 0.05) is 67.4 Å². The quantitative estimate of drug-likeness (QED) is 0.419. The van der Waals surface area contributed by atoms with Crippen LogP contribution in [0.25, 0.3) is 16.3 Å². The molecule has 0 saturated carbocycles. The molecule has 1 amide bonds. The van der Waals surface area contributed by atoms with E-state index in [0.29, 0.717) is 17.9 Å². The summed E-state index contributed by atoms with van der Waals surface area (Å²) < 4.78 is 2.04. The predicted molar refractivity (Wildman–Crippen MR) is 140 cm³/mol. The summed E-state index contributed by atoms with van der Waals surface area (Å²) in [6.45, 7) is 6.13. The number of rotatable bonds is 4. The first-order valence-corrected chi connectivity index (χ1v) is 13.7. The van der Waals surface area contributed by atoms with Gasteiger partial charge in [-0.1, -0.05) is 12.1 Å². The third-order valence-corrected chi connectivity index (χ3v) is 9.27. The van der Waals surface area contributed by atoms with Gasteiger partial charge in [-0.3, -0.25) is 14.1 Å². The van der Waals surface area contributed by atoms with Crippen molar-refractivity contribution in [2.24, 2.45) is 5.41 Å². The first-order valence-electron chi connectivity index (χ1n) is 12.9. The zero-order valence-corrected chi connectivity index (χ0v) is 21.4. The number of aromatic nitrogens is 4. The Balaban J connectivity index is 0.949. The number of hydrogen-bond donors (Lipinski definition) is 0. The lowest BCUT2D eigenvalue weighted by molar-refractivity contribution is -0.136. The Morgan fingerprint density at radius 2 is 1.94 bits per heavy atom. The minimum absolute atomic E-state index is 0.214.